The zero-order valence-corrected chi connectivity index (χ0v) is 14.9. The summed E-state index contributed by atoms with van der Waals surface area (Å²) in [5.74, 6) is -0.847. The van der Waals surface area contributed by atoms with E-state index < -0.39 is 11.6 Å². The molecule has 1 aliphatic heterocycles. The number of nitrogens with one attached hydrogen (secondary N) is 1. The molecular formula is C18H14N2O3S2. The van der Waals surface area contributed by atoms with E-state index in [0.717, 1.165) is 16.1 Å². The predicted octanol–water partition coefficient (Wildman–Crippen LogP) is 3.98. The van der Waals surface area contributed by atoms with Crippen molar-refractivity contribution in [3.63, 3.8) is 0 Å². The van der Waals surface area contributed by atoms with Crippen molar-refractivity contribution in [2.75, 3.05) is 5.32 Å². The van der Waals surface area contributed by atoms with Gasteiger partial charge in [0.05, 0.1) is 16.1 Å². The van der Waals surface area contributed by atoms with Gasteiger partial charge in [0, 0.05) is 11.8 Å². The standard InChI is InChI=1S/C18H14N2O3S2/c1-18(9-11-5-2-3-6-12(11)15(21)23-18)16(22)20-17-19-13(10-25-17)14-7-4-8-24-14/h2-8,10H,9H2,1H3,(H,19,20,22). The molecule has 1 aromatic carbocycles. The first-order chi connectivity index (χ1) is 12.0. The zero-order chi connectivity index (χ0) is 17.4. The molecule has 7 heteroatoms. The molecule has 5 nitrogen and oxygen atoms in total. The summed E-state index contributed by atoms with van der Waals surface area (Å²) in [4.78, 5) is 30.4. The van der Waals surface area contributed by atoms with Gasteiger partial charge in [-0.1, -0.05) is 24.3 Å². The van der Waals surface area contributed by atoms with E-state index in [-0.39, 0.29) is 5.91 Å². The van der Waals surface area contributed by atoms with Gasteiger partial charge in [0.1, 0.15) is 0 Å². The molecule has 1 unspecified atom stereocenters. The zero-order valence-electron chi connectivity index (χ0n) is 13.3. The van der Waals surface area contributed by atoms with E-state index in [2.05, 4.69) is 10.3 Å². The normalized spacial score (nSPS) is 19.2. The minimum Gasteiger partial charge on any atom is -0.445 e. The number of cyclic esters (lactones) is 1. The molecular weight excluding hydrogens is 356 g/mol. The second-order valence-electron chi connectivity index (χ2n) is 5.92. The fourth-order valence-electron chi connectivity index (χ4n) is 2.76. The molecule has 1 amide bonds. The lowest BCUT2D eigenvalue weighted by Gasteiger charge is -2.32. The largest absolute Gasteiger partial charge is 0.445 e. The Morgan fingerprint density at radius 3 is 2.88 bits per heavy atom. The number of fused-ring (bicyclic) bond motifs is 1. The Morgan fingerprint density at radius 1 is 1.24 bits per heavy atom. The highest BCUT2D eigenvalue weighted by Crippen LogP contribution is 2.31. The van der Waals surface area contributed by atoms with Gasteiger partial charge in [-0.15, -0.1) is 22.7 Å². The topological polar surface area (TPSA) is 68.3 Å². The highest BCUT2D eigenvalue weighted by Gasteiger charge is 2.42. The number of rotatable bonds is 3. The molecule has 25 heavy (non-hydrogen) atoms. The van der Waals surface area contributed by atoms with E-state index >= 15 is 0 Å². The van der Waals surface area contributed by atoms with Crippen molar-refractivity contribution in [2.45, 2.75) is 18.9 Å². The molecule has 0 bridgehead atoms. The number of aromatic nitrogens is 1. The summed E-state index contributed by atoms with van der Waals surface area (Å²) in [5.41, 5.74) is 0.906. The van der Waals surface area contributed by atoms with Crippen LogP contribution in [0.4, 0.5) is 5.13 Å². The van der Waals surface area contributed by atoms with Crippen LogP contribution in [0.3, 0.4) is 0 Å². The SMILES string of the molecule is CC1(C(=O)Nc2nc(-c3cccs3)cs2)Cc2ccccc2C(=O)O1. The summed E-state index contributed by atoms with van der Waals surface area (Å²) >= 11 is 2.94. The summed E-state index contributed by atoms with van der Waals surface area (Å²) in [6.07, 6.45) is 0.337. The third kappa shape index (κ3) is 2.96. The van der Waals surface area contributed by atoms with Gasteiger partial charge in [-0.2, -0.15) is 0 Å². The third-order valence-electron chi connectivity index (χ3n) is 4.06. The molecule has 1 aliphatic rings. The molecule has 0 fully saturated rings. The van der Waals surface area contributed by atoms with E-state index in [1.165, 1.54) is 11.3 Å². The summed E-state index contributed by atoms with van der Waals surface area (Å²) in [6.45, 7) is 1.63. The van der Waals surface area contributed by atoms with Crippen molar-refractivity contribution in [2.24, 2.45) is 0 Å². The summed E-state index contributed by atoms with van der Waals surface area (Å²) in [5, 5.41) is 7.15. The van der Waals surface area contributed by atoms with Crippen molar-refractivity contribution in [3.8, 4) is 10.6 Å². The minimum atomic E-state index is -1.25. The van der Waals surface area contributed by atoms with Crippen molar-refractivity contribution < 1.29 is 14.3 Å². The van der Waals surface area contributed by atoms with Gasteiger partial charge >= 0.3 is 5.97 Å². The Morgan fingerprint density at radius 2 is 2.08 bits per heavy atom. The molecule has 0 saturated carbocycles. The number of hydrogen-bond acceptors (Lipinski definition) is 6. The van der Waals surface area contributed by atoms with Crippen molar-refractivity contribution in [1.29, 1.82) is 0 Å². The Bertz CT molecular complexity index is 949. The van der Waals surface area contributed by atoms with Crippen LogP contribution in [0.5, 0.6) is 0 Å². The highest BCUT2D eigenvalue weighted by molar-refractivity contribution is 7.16. The first-order valence-corrected chi connectivity index (χ1v) is 9.43. The summed E-state index contributed by atoms with van der Waals surface area (Å²) in [7, 11) is 0. The predicted molar refractivity (Wildman–Crippen MR) is 98.0 cm³/mol. The van der Waals surface area contributed by atoms with E-state index in [1.54, 1.807) is 30.4 Å². The number of thiazole rings is 1. The molecule has 126 valence electrons. The van der Waals surface area contributed by atoms with Gasteiger partial charge < -0.3 is 4.74 Å². The van der Waals surface area contributed by atoms with E-state index in [9.17, 15) is 9.59 Å². The van der Waals surface area contributed by atoms with Crippen LogP contribution >= 0.6 is 22.7 Å². The molecule has 1 N–H and O–H groups in total. The molecule has 0 radical (unpaired) electrons. The van der Waals surface area contributed by atoms with Crippen LogP contribution in [-0.4, -0.2) is 22.5 Å². The lowest BCUT2D eigenvalue weighted by atomic mass is 9.89. The molecule has 1 atom stereocenters. The van der Waals surface area contributed by atoms with Gasteiger partial charge in [-0.05, 0) is 30.0 Å². The van der Waals surface area contributed by atoms with Crippen LogP contribution in [0.1, 0.15) is 22.8 Å². The lowest BCUT2D eigenvalue weighted by Crippen LogP contribution is -2.48. The number of benzene rings is 1. The van der Waals surface area contributed by atoms with Gasteiger partial charge in [-0.25, -0.2) is 9.78 Å². The maximum Gasteiger partial charge on any atom is 0.339 e. The number of thiophene rings is 1. The molecule has 0 aliphatic carbocycles. The van der Waals surface area contributed by atoms with Gasteiger partial charge in [0.25, 0.3) is 5.91 Å². The molecule has 3 heterocycles. The quantitative estimate of drug-likeness (QED) is 0.708. The van der Waals surface area contributed by atoms with Crippen molar-refractivity contribution >= 4 is 39.7 Å². The number of amides is 1. The number of esters is 1. The third-order valence-corrected chi connectivity index (χ3v) is 5.71. The summed E-state index contributed by atoms with van der Waals surface area (Å²) < 4.78 is 5.44. The second-order valence-corrected chi connectivity index (χ2v) is 7.73. The molecule has 0 spiro atoms. The van der Waals surface area contributed by atoms with Crippen LogP contribution in [0.25, 0.3) is 10.6 Å². The van der Waals surface area contributed by atoms with Gasteiger partial charge in [-0.3, -0.25) is 10.1 Å². The molecule has 3 aromatic rings. The average Bonchev–Trinajstić information content (AvgIpc) is 3.26. The lowest BCUT2D eigenvalue weighted by molar-refractivity contribution is -0.134. The smallest absolute Gasteiger partial charge is 0.339 e. The highest BCUT2D eigenvalue weighted by atomic mass is 32.1. The number of anilines is 1. The average molecular weight is 370 g/mol. The minimum absolute atomic E-state index is 0.337. The number of hydrogen-bond donors (Lipinski definition) is 1. The Hall–Kier alpha value is -2.51. The molecule has 2 aromatic heterocycles. The fraction of sp³-hybridized carbons (Fsp3) is 0.167. The first-order valence-electron chi connectivity index (χ1n) is 7.67. The van der Waals surface area contributed by atoms with E-state index in [1.807, 2.05) is 35.0 Å². The van der Waals surface area contributed by atoms with Crippen LogP contribution < -0.4 is 5.32 Å². The second kappa shape index (κ2) is 6.09. The number of ether oxygens (including phenoxy) is 1. The number of nitrogens with zero attached hydrogens (tertiary/aromatic N) is 1. The van der Waals surface area contributed by atoms with E-state index in [0.29, 0.717) is 17.1 Å². The Balaban J connectivity index is 1.54. The van der Waals surface area contributed by atoms with Crippen molar-refractivity contribution in [3.05, 3.63) is 58.3 Å². The first kappa shape index (κ1) is 16.0. The molecule has 0 saturated heterocycles. The van der Waals surface area contributed by atoms with Crippen LogP contribution in [0.15, 0.2) is 47.2 Å². The van der Waals surface area contributed by atoms with Crippen LogP contribution in [0.2, 0.25) is 0 Å². The van der Waals surface area contributed by atoms with E-state index in [4.69, 9.17) is 4.74 Å². The fourth-order valence-corrected chi connectivity index (χ4v) is 4.22. The summed E-state index contributed by atoms with van der Waals surface area (Å²) in [6, 6.07) is 11.1. The Labute approximate surface area is 152 Å². The maximum atomic E-state index is 12.7. The Kier molecular flexibility index (Phi) is 3.89. The van der Waals surface area contributed by atoms with Gasteiger partial charge in [0.2, 0.25) is 0 Å². The van der Waals surface area contributed by atoms with Crippen LogP contribution in [-0.2, 0) is 16.0 Å². The van der Waals surface area contributed by atoms with Gasteiger partial charge in [0.15, 0.2) is 10.7 Å². The number of carbonyl (C=O) groups excluding carboxylic acids is 2. The van der Waals surface area contributed by atoms with Crippen molar-refractivity contribution in [1.82, 2.24) is 4.98 Å². The maximum absolute atomic E-state index is 12.7. The van der Waals surface area contributed by atoms with Crippen LogP contribution in [0, 0.1) is 0 Å². The monoisotopic (exact) mass is 370 g/mol. The number of carbonyl (C=O) groups is 2. The molecule has 4 rings (SSSR count).